The third-order valence-electron chi connectivity index (χ3n) is 3.11. The average Bonchev–Trinajstić information content (AvgIpc) is 2.78. The Morgan fingerprint density at radius 1 is 1.20 bits per heavy atom. The van der Waals surface area contributed by atoms with E-state index in [1.807, 2.05) is 0 Å². The Labute approximate surface area is 114 Å². The molecule has 0 spiro atoms. The minimum absolute atomic E-state index is 0.0119. The van der Waals surface area contributed by atoms with E-state index in [4.69, 9.17) is 0 Å². The molecule has 20 heavy (non-hydrogen) atoms. The molecule has 0 fully saturated rings. The zero-order valence-electron chi connectivity index (χ0n) is 10.4. The molecule has 2 aromatic rings. The predicted molar refractivity (Wildman–Crippen MR) is 73.1 cm³/mol. The van der Waals surface area contributed by atoms with E-state index >= 15 is 0 Å². The van der Waals surface area contributed by atoms with Crippen LogP contribution in [-0.4, -0.2) is 11.8 Å². The SMILES string of the molecule is O=C1Cc2cc(NC(=O)c3ccccc3F)ccc2N1. The smallest absolute Gasteiger partial charge is 0.258 e. The van der Waals surface area contributed by atoms with E-state index in [0.29, 0.717) is 12.1 Å². The van der Waals surface area contributed by atoms with Crippen LogP contribution in [0, 0.1) is 5.82 Å². The van der Waals surface area contributed by atoms with Crippen molar-refractivity contribution in [3.8, 4) is 0 Å². The largest absolute Gasteiger partial charge is 0.326 e. The zero-order valence-corrected chi connectivity index (χ0v) is 10.4. The lowest BCUT2D eigenvalue weighted by Crippen LogP contribution is -2.13. The normalized spacial score (nSPS) is 12.8. The fourth-order valence-electron chi connectivity index (χ4n) is 2.15. The highest BCUT2D eigenvalue weighted by Gasteiger charge is 2.18. The molecule has 3 rings (SSSR count). The van der Waals surface area contributed by atoms with Gasteiger partial charge >= 0.3 is 0 Å². The van der Waals surface area contributed by atoms with Gasteiger partial charge in [-0.25, -0.2) is 4.39 Å². The summed E-state index contributed by atoms with van der Waals surface area (Å²) >= 11 is 0. The van der Waals surface area contributed by atoms with Crippen molar-refractivity contribution in [2.24, 2.45) is 0 Å². The Kier molecular flexibility index (Phi) is 2.95. The van der Waals surface area contributed by atoms with E-state index in [9.17, 15) is 14.0 Å². The standard InChI is InChI=1S/C15H11FN2O2/c16-12-4-2-1-3-11(12)15(20)17-10-5-6-13-9(7-10)8-14(19)18-13/h1-7H,8H2,(H,17,20)(H,18,19). The minimum Gasteiger partial charge on any atom is -0.326 e. The molecule has 0 bridgehead atoms. The topological polar surface area (TPSA) is 58.2 Å². The molecular weight excluding hydrogens is 259 g/mol. The summed E-state index contributed by atoms with van der Waals surface area (Å²) in [4.78, 5) is 23.2. The van der Waals surface area contributed by atoms with Gasteiger partial charge in [0, 0.05) is 11.4 Å². The number of benzene rings is 2. The molecule has 0 saturated carbocycles. The first-order valence-corrected chi connectivity index (χ1v) is 6.12. The number of carbonyl (C=O) groups excluding carboxylic acids is 2. The minimum atomic E-state index is -0.567. The molecule has 0 aromatic heterocycles. The average molecular weight is 270 g/mol. The number of hydrogen-bond acceptors (Lipinski definition) is 2. The van der Waals surface area contributed by atoms with Crippen LogP contribution in [0.5, 0.6) is 0 Å². The van der Waals surface area contributed by atoms with Crippen LogP contribution in [0.3, 0.4) is 0 Å². The monoisotopic (exact) mass is 270 g/mol. The van der Waals surface area contributed by atoms with Crippen molar-refractivity contribution in [3.63, 3.8) is 0 Å². The lowest BCUT2D eigenvalue weighted by atomic mass is 10.1. The quantitative estimate of drug-likeness (QED) is 0.881. The number of rotatable bonds is 2. The van der Waals surface area contributed by atoms with Crippen LogP contribution >= 0.6 is 0 Å². The highest BCUT2D eigenvalue weighted by atomic mass is 19.1. The Hall–Kier alpha value is -2.69. The number of amides is 2. The number of halogens is 1. The lowest BCUT2D eigenvalue weighted by molar-refractivity contribution is -0.115. The second-order valence-corrected chi connectivity index (χ2v) is 4.53. The van der Waals surface area contributed by atoms with Gasteiger partial charge in [-0.1, -0.05) is 12.1 Å². The summed E-state index contributed by atoms with van der Waals surface area (Å²) < 4.78 is 13.5. The molecule has 0 saturated heterocycles. The van der Waals surface area contributed by atoms with Gasteiger partial charge in [0.25, 0.3) is 5.91 Å². The molecule has 1 heterocycles. The van der Waals surface area contributed by atoms with Crippen LogP contribution in [0.15, 0.2) is 42.5 Å². The van der Waals surface area contributed by atoms with E-state index in [0.717, 1.165) is 11.3 Å². The molecule has 0 radical (unpaired) electrons. The van der Waals surface area contributed by atoms with Crippen LogP contribution in [-0.2, 0) is 11.2 Å². The molecule has 5 heteroatoms. The second kappa shape index (κ2) is 4.77. The third kappa shape index (κ3) is 2.25. The van der Waals surface area contributed by atoms with Crippen molar-refractivity contribution >= 4 is 23.2 Å². The second-order valence-electron chi connectivity index (χ2n) is 4.53. The summed E-state index contributed by atoms with van der Waals surface area (Å²) in [6.07, 6.45) is 0.290. The summed E-state index contributed by atoms with van der Waals surface area (Å²) in [6, 6.07) is 10.9. The van der Waals surface area contributed by atoms with Gasteiger partial charge in [0.05, 0.1) is 12.0 Å². The number of anilines is 2. The van der Waals surface area contributed by atoms with E-state index < -0.39 is 11.7 Å². The lowest BCUT2D eigenvalue weighted by Gasteiger charge is -2.07. The van der Waals surface area contributed by atoms with Crippen LogP contribution in [0.1, 0.15) is 15.9 Å². The summed E-state index contributed by atoms with van der Waals surface area (Å²) in [5.41, 5.74) is 2.09. The van der Waals surface area contributed by atoms with E-state index in [1.165, 1.54) is 18.2 Å². The Morgan fingerprint density at radius 3 is 2.80 bits per heavy atom. The van der Waals surface area contributed by atoms with Crippen LogP contribution in [0.4, 0.5) is 15.8 Å². The van der Waals surface area contributed by atoms with Gasteiger partial charge in [0.2, 0.25) is 5.91 Å². The van der Waals surface area contributed by atoms with Gasteiger partial charge in [-0.2, -0.15) is 0 Å². The molecule has 100 valence electrons. The van der Waals surface area contributed by atoms with Gasteiger partial charge in [0.1, 0.15) is 5.82 Å². The summed E-state index contributed by atoms with van der Waals surface area (Å²) in [5, 5.41) is 5.33. The van der Waals surface area contributed by atoms with Crippen molar-refractivity contribution in [3.05, 3.63) is 59.4 Å². The summed E-state index contributed by atoms with van der Waals surface area (Å²) in [6.45, 7) is 0. The Balaban J connectivity index is 1.82. The van der Waals surface area contributed by atoms with Crippen molar-refractivity contribution in [1.82, 2.24) is 0 Å². The molecule has 2 aromatic carbocycles. The number of nitrogens with one attached hydrogen (secondary N) is 2. The summed E-state index contributed by atoms with van der Waals surface area (Å²) in [7, 11) is 0. The van der Waals surface area contributed by atoms with Crippen molar-refractivity contribution in [2.45, 2.75) is 6.42 Å². The maximum Gasteiger partial charge on any atom is 0.258 e. The van der Waals surface area contributed by atoms with E-state index in [-0.39, 0.29) is 11.5 Å². The summed E-state index contributed by atoms with van der Waals surface area (Å²) in [5.74, 6) is -1.15. The van der Waals surface area contributed by atoms with Gasteiger partial charge in [-0.05, 0) is 35.9 Å². The number of fused-ring (bicyclic) bond motifs is 1. The van der Waals surface area contributed by atoms with E-state index in [1.54, 1.807) is 24.3 Å². The third-order valence-corrected chi connectivity index (χ3v) is 3.11. The molecule has 0 atom stereocenters. The first-order valence-electron chi connectivity index (χ1n) is 6.12. The van der Waals surface area contributed by atoms with Gasteiger partial charge in [0.15, 0.2) is 0 Å². The molecule has 0 aliphatic carbocycles. The fourth-order valence-corrected chi connectivity index (χ4v) is 2.15. The molecule has 1 aliphatic rings. The van der Waals surface area contributed by atoms with Crippen LogP contribution in [0.2, 0.25) is 0 Å². The van der Waals surface area contributed by atoms with E-state index in [2.05, 4.69) is 10.6 Å². The fraction of sp³-hybridized carbons (Fsp3) is 0.0667. The molecule has 1 aliphatic heterocycles. The van der Waals surface area contributed by atoms with Crippen LogP contribution in [0.25, 0.3) is 0 Å². The van der Waals surface area contributed by atoms with Crippen LogP contribution < -0.4 is 10.6 Å². The number of carbonyl (C=O) groups is 2. The first kappa shape index (κ1) is 12.3. The van der Waals surface area contributed by atoms with Crippen molar-refractivity contribution in [2.75, 3.05) is 10.6 Å². The Morgan fingerprint density at radius 2 is 2.00 bits per heavy atom. The maximum atomic E-state index is 13.5. The molecule has 2 amide bonds. The zero-order chi connectivity index (χ0) is 14.1. The van der Waals surface area contributed by atoms with Gasteiger partial charge in [-0.3, -0.25) is 9.59 Å². The predicted octanol–water partition coefficient (Wildman–Crippen LogP) is 2.57. The first-order chi connectivity index (χ1) is 9.63. The molecule has 4 nitrogen and oxygen atoms in total. The maximum absolute atomic E-state index is 13.5. The van der Waals surface area contributed by atoms with Gasteiger partial charge < -0.3 is 10.6 Å². The van der Waals surface area contributed by atoms with Crippen molar-refractivity contribution < 1.29 is 14.0 Å². The highest BCUT2D eigenvalue weighted by molar-refractivity contribution is 6.05. The highest BCUT2D eigenvalue weighted by Crippen LogP contribution is 2.26. The number of hydrogen-bond donors (Lipinski definition) is 2. The molecular formula is C15H11FN2O2. The molecule has 0 unspecified atom stereocenters. The Bertz CT molecular complexity index is 713. The van der Waals surface area contributed by atoms with Gasteiger partial charge in [-0.15, -0.1) is 0 Å². The van der Waals surface area contributed by atoms with Crippen molar-refractivity contribution in [1.29, 1.82) is 0 Å². The molecule has 2 N–H and O–H groups in total.